The predicted octanol–water partition coefficient (Wildman–Crippen LogP) is 6.43. The van der Waals surface area contributed by atoms with Crippen LogP contribution in [0, 0.1) is 12.7 Å². The van der Waals surface area contributed by atoms with Gasteiger partial charge in [0.15, 0.2) is 11.5 Å². The van der Waals surface area contributed by atoms with Crippen LogP contribution in [0.25, 0.3) is 50.2 Å². The third-order valence-electron chi connectivity index (χ3n) is 5.37. The van der Waals surface area contributed by atoms with E-state index in [1.54, 1.807) is 6.07 Å². The fourth-order valence-electron chi connectivity index (χ4n) is 4.02. The van der Waals surface area contributed by atoms with Crippen molar-refractivity contribution >= 4 is 33.1 Å². The van der Waals surface area contributed by atoms with Crippen molar-refractivity contribution in [3.8, 4) is 17.1 Å². The zero-order chi connectivity index (χ0) is 20.2. The molecule has 30 heavy (non-hydrogen) atoms. The molecule has 0 saturated heterocycles. The standard InChI is InChI=1S/C25H16FN3O/c1-15-11-14-20-25(27-15)29(16-7-3-2-4-8-16)24(28-20)18-12-13-19(26)22-17-9-5-6-10-21(17)30-23(18)22/h2-14H,1H3. The molecule has 0 saturated carbocycles. The van der Waals surface area contributed by atoms with Crippen LogP contribution < -0.4 is 0 Å². The SMILES string of the molecule is Cc1ccc2nc(-c3ccc(F)c4c3oc3ccccc34)n(-c3ccccc3)c2n1. The van der Waals surface area contributed by atoms with Gasteiger partial charge in [-0.3, -0.25) is 4.57 Å². The van der Waals surface area contributed by atoms with Gasteiger partial charge in [0, 0.05) is 16.8 Å². The quantitative estimate of drug-likeness (QED) is 0.340. The molecule has 0 unspecified atom stereocenters. The average Bonchev–Trinajstić information content (AvgIpc) is 3.33. The molecule has 0 aliphatic rings. The Balaban J connectivity index is 1.76. The Morgan fingerprint density at radius 2 is 1.63 bits per heavy atom. The smallest absolute Gasteiger partial charge is 0.165 e. The fourth-order valence-corrected chi connectivity index (χ4v) is 4.02. The molecule has 6 rings (SSSR count). The summed E-state index contributed by atoms with van der Waals surface area (Å²) >= 11 is 0. The lowest BCUT2D eigenvalue weighted by atomic mass is 10.1. The van der Waals surface area contributed by atoms with Gasteiger partial charge in [-0.1, -0.05) is 36.4 Å². The van der Waals surface area contributed by atoms with Crippen molar-refractivity contribution < 1.29 is 8.81 Å². The maximum Gasteiger partial charge on any atom is 0.165 e. The number of para-hydroxylation sites is 2. The first-order chi connectivity index (χ1) is 14.7. The van der Waals surface area contributed by atoms with Crippen LogP contribution in [0.1, 0.15) is 5.69 Å². The Morgan fingerprint density at radius 1 is 0.833 bits per heavy atom. The van der Waals surface area contributed by atoms with Crippen molar-refractivity contribution in [2.75, 3.05) is 0 Å². The summed E-state index contributed by atoms with van der Waals surface area (Å²) in [7, 11) is 0. The number of aryl methyl sites for hydroxylation is 1. The lowest BCUT2D eigenvalue weighted by molar-refractivity contribution is 0.634. The van der Waals surface area contributed by atoms with Crippen LogP contribution >= 0.6 is 0 Å². The molecule has 0 spiro atoms. The van der Waals surface area contributed by atoms with E-state index < -0.39 is 0 Å². The van der Waals surface area contributed by atoms with E-state index in [0.29, 0.717) is 22.4 Å². The maximum absolute atomic E-state index is 14.8. The number of hydrogen-bond acceptors (Lipinski definition) is 3. The molecule has 0 amide bonds. The number of furan rings is 1. The first-order valence-corrected chi connectivity index (χ1v) is 9.72. The number of hydrogen-bond donors (Lipinski definition) is 0. The highest BCUT2D eigenvalue weighted by molar-refractivity contribution is 6.09. The van der Waals surface area contributed by atoms with Crippen molar-refractivity contribution in [3.63, 3.8) is 0 Å². The number of aromatic nitrogens is 3. The highest BCUT2D eigenvalue weighted by atomic mass is 19.1. The second-order valence-electron chi connectivity index (χ2n) is 7.30. The normalized spacial score (nSPS) is 11.7. The van der Waals surface area contributed by atoms with Gasteiger partial charge >= 0.3 is 0 Å². The molecule has 3 aromatic heterocycles. The van der Waals surface area contributed by atoms with Crippen molar-refractivity contribution in [2.45, 2.75) is 6.92 Å². The number of imidazole rings is 1. The summed E-state index contributed by atoms with van der Waals surface area (Å²) in [5.74, 6) is 0.355. The van der Waals surface area contributed by atoms with Crippen molar-refractivity contribution in [1.82, 2.24) is 14.5 Å². The topological polar surface area (TPSA) is 43.9 Å². The Morgan fingerprint density at radius 3 is 2.50 bits per heavy atom. The van der Waals surface area contributed by atoms with Crippen LogP contribution in [0.3, 0.4) is 0 Å². The van der Waals surface area contributed by atoms with Crippen LogP contribution in [0.4, 0.5) is 4.39 Å². The maximum atomic E-state index is 14.8. The van der Waals surface area contributed by atoms with Gasteiger partial charge in [-0.15, -0.1) is 0 Å². The fraction of sp³-hybridized carbons (Fsp3) is 0.0400. The predicted molar refractivity (Wildman–Crippen MR) is 116 cm³/mol. The number of pyridine rings is 1. The lowest BCUT2D eigenvalue weighted by Gasteiger charge is -2.09. The molecular formula is C25H16FN3O. The Hall–Kier alpha value is -3.99. The van der Waals surface area contributed by atoms with Crippen LogP contribution in [-0.4, -0.2) is 14.5 Å². The van der Waals surface area contributed by atoms with Gasteiger partial charge in [-0.05, 0) is 49.4 Å². The zero-order valence-corrected chi connectivity index (χ0v) is 16.1. The van der Waals surface area contributed by atoms with Gasteiger partial charge in [0.1, 0.15) is 22.5 Å². The highest BCUT2D eigenvalue weighted by Gasteiger charge is 2.22. The molecule has 0 radical (unpaired) electrons. The third kappa shape index (κ3) is 2.38. The molecule has 4 nitrogen and oxygen atoms in total. The summed E-state index contributed by atoms with van der Waals surface area (Å²) in [6.45, 7) is 1.96. The second kappa shape index (κ2) is 6.26. The van der Waals surface area contributed by atoms with Gasteiger partial charge in [0.25, 0.3) is 0 Å². The van der Waals surface area contributed by atoms with E-state index in [2.05, 4.69) is 0 Å². The molecule has 0 aliphatic heterocycles. The number of fused-ring (bicyclic) bond motifs is 4. The second-order valence-corrected chi connectivity index (χ2v) is 7.30. The number of benzene rings is 3. The van der Waals surface area contributed by atoms with E-state index in [1.165, 1.54) is 6.07 Å². The Bertz CT molecular complexity index is 1560. The van der Waals surface area contributed by atoms with E-state index in [4.69, 9.17) is 14.4 Å². The molecule has 6 aromatic rings. The lowest BCUT2D eigenvalue weighted by Crippen LogP contribution is -1.99. The molecule has 0 fully saturated rings. The van der Waals surface area contributed by atoms with Crippen LogP contribution in [0.2, 0.25) is 0 Å². The van der Waals surface area contributed by atoms with Crippen molar-refractivity contribution in [3.05, 3.63) is 90.4 Å². The van der Waals surface area contributed by atoms with Crippen LogP contribution in [0.15, 0.2) is 83.3 Å². The van der Waals surface area contributed by atoms with E-state index >= 15 is 0 Å². The summed E-state index contributed by atoms with van der Waals surface area (Å²) < 4.78 is 22.9. The molecule has 3 heterocycles. The highest BCUT2D eigenvalue weighted by Crippen LogP contribution is 2.38. The first kappa shape index (κ1) is 16.9. The molecule has 0 N–H and O–H groups in total. The van der Waals surface area contributed by atoms with Gasteiger partial charge in [-0.2, -0.15) is 0 Å². The van der Waals surface area contributed by atoms with E-state index in [-0.39, 0.29) is 5.82 Å². The first-order valence-electron chi connectivity index (χ1n) is 9.72. The third-order valence-corrected chi connectivity index (χ3v) is 5.37. The minimum absolute atomic E-state index is 0.310. The van der Waals surface area contributed by atoms with Crippen LogP contribution in [-0.2, 0) is 0 Å². The summed E-state index contributed by atoms with van der Waals surface area (Å²) in [6, 6.07) is 24.5. The molecule has 0 aliphatic carbocycles. The van der Waals surface area contributed by atoms with Gasteiger partial charge in [-0.25, -0.2) is 14.4 Å². The Kier molecular flexibility index (Phi) is 3.53. The number of rotatable bonds is 2. The molecule has 0 bridgehead atoms. The van der Waals surface area contributed by atoms with Crippen molar-refractivity contribution in [1.29, 1.82) is 0 Å². The minimum atomic E-state index is -0.310. The van der Waals surface area contributed by atoms with E-state index in [0.717, 1.165) is 33.5 Å². The van der Waals surface area contributed by atoms with E-state index in [9.17, 15) is 4.39 Å². The zero-order valence-electron chi connectivity index (χ0n) is 16.1. The van der Waals surface area contributed by atoms with E-state index in [1.807, 2.05) is 78.2 Å². The largest absolute Gasteiger partial charge is 0.455 e. The molecule has 0 atom stereocenters. The van der Waals surface area contributed by atoms with Gasteiger partial charge < -0.3 is 4.42 Å². The summed E-state index contributed by atoms with van der Waals surface area (Å²) in [5, 5.41) is 1.22. The van der Waals surface area contributed by atoms with Crippen molar-refractivity contribution in [2.24, 2.45) is 0 Å². The Labute approximate surface area is 171 Å². The van der Waals surface area contributed by atoms with Gasteiger partial charge in [0.05, 0.1) is 10.9 Å². The summed E-state index contributed by atoms with van der Waals surface area (Å²) in [5.41, 5.74) is 5.22. The van der Waals surface area contributed by atoms with Crippen LogP contribution in [0.5, 0.6) is 0 Å². The molecular weight excluding hydrogens is 377 g/mol. The number of nitrogens with zero attached hydrogens (tertiary/aromatic N) is 3. The summed E-state index contributed by atoms with van der Waals surface area (Å²) in [4.78, 5) is 9.60. The average molecular weight is 393 g/mol. The molecule has 5 heteroatoms. The number of halogens is 1. The minimum Gasteiger partial charge on any atom is -0.455 e. The van der Waals surface area contributed by atoms with Gasteiger partial charge in [0.2, 0.25) is 0 Å². The summed E-state index contributed by atoms with van der Waals surface area (Å²) in [6.07, 6.45) is 0. The molecule has 144 valence electrons. The monoisotopic (exact) mass is 393 g/mol. The molecule has 3 aromatic carbocycles.